The van der Waals surface area contributed by atoms with E-state index in [9.17, 15) is 13.2 Å². The van der Waals surface area contributed by atoms with Crippen molar-refractivity contribution in [1.82, 2.24) is 15.0 Å². The van der Waals surface area contributed by atoms with E-state index in [0.29, 0.717) is 10.7 Å². The van der Waals surface area contributed by atoms with E-state index in [0.717, 1.165) is 16.1 Å². The molecule has 1 aromatic heterocycles. The molecule has 1 heterocycles. The SMILES string of the molecule is Cc1ccc(S(=O)(=O)NCCNC(=O)Cc2csc(-c3ccccc3Cl)n2)cc1. The van der Waals surface area contributed by atoms with Gasteiger partial charge >= 0.3 is 0 Å². The van der Waals surface area contributed by atoms with Crippen molar-refractivity contribution in [2.24, 2.45) is 0 Å². The molecule has 0 saturated heterocycles. The Morgan fingerprint density at radius 1 is 1.10 bits per heavy atom. The van der Waals surface area contributed by atoms with Crippen molar-refractivity contribution in [2.45, 2.75) is 18.2 Å². The molecule has 0 aliphatic heterocycles. The molecule has 0 radical (unpaired) electrons. The van der Waals surface area contributed by atoms with Crippen LogP contribution < -0.4 is 10.0 Å². The third-order valence-electron chi connectivity index (χ3n) is 4.07. The molecule has 0 aliphatic rings. The molecule has 29 heavy (non-hydrogen) atoms. The lowest BCUT2D eigenvalue weighted by Gasteiger charge is -2.08. The highest BCUT2D eigenvalue weighted by molar-refractivity contribution is 7.89. The fourth-order valence-corrected chi connectivity index (χ4v) is 4.73. The molecular weight excluding hydrogens is 430 g/mol. The smallest absolute Gasteiger partial charge is 0.240 e. The molecule has 0 saturated carbocycles. The second kappa shape index (κ2) is 9.49. The molecule has 2 N–H and O–H groups in total. The van der Waals surface area contributed by atoms with Gasteiger partial charge in [0.25, 0.3) is 0 Å². The largest absolute Gasteiger partial charge is 0.354 e. The van der Waals surface area contributed by atoms with Gasteiger partial charge in [0, 0.05) is 24.0 Å². The van der Waals surface area contributed by atoms with E-state index in [4.69, 9.17) is 11.6 Å². The number of rotatable bonds is 8. The van der Waals surface area contributed by atoms with Crippen LogP contribution in [0.4, 0.5) is 0 Å². The minimum absolute atomic E-state index is 0.101. The summed E-state index contributed by atoms with van der Waals surface area (Å²) in [5.74, 6) is -0.226. The average Bonchev–Trinajstić information content (AvgIpc) is 3.14. The van der Waals surface area contributed by atoms with Gasteiger partial charge in [-0.15, -0.1) is 11.3 Å². The number of hydrogen-bond donors (Lipinski definition) is 2. The van der Waals surface area contributed by atoms with Crippen molar-refractivity contribution in [1.29, 1.82) is 0 Å². The van der Waals surface area contributed by atoms with Crippen LogP contribution in [0.25, 0.3) is 10.6 Å². The lowest BCUT2D eigenvalue weighted by atomic mass is 10.2. The summed E-state index contributed by atoms with van der Waals surface area (Å²) in [7, 11) is -3.59. The molecule has 3 aromatic rings. The molecule has 6 nitrogen and oxygen atoms in total. The molecular formula is C20H20ClN3O3S2. The van der Waals surface area contributed by atoms with Crippen LogP contribution in [0, 0.1) is 6.92 Å². The molecule has 0 unspecified atom stereocenters. The van der Waals surface area contributed by atoms with Gasteiger partial charge in [-0.05, 0) is 25.1 Å². The second-order valence-electron chi connectivity index (χ2n) is 6.36. The first-order valence-electron chi connectivity index (χ1n) is 8.87. The van der Waals surface area contributed by atoms with Crippen LogP contribution in [0.1, 0.15) is 11.3 Å². The Morgan fingerprint density at radius 3 is 2.55 bits per heavy atom. The molecule has 0 spiro atoms. The minimum atomic E-state index is -3.59. The number of hydrogen-bond acceptors (Lipinski definition) is 5. The summed E-state index contributed by atoms with van der Waals surface area (Å²) in [6.45, 7) is 2.18. The number of carbonyl (C=O) groups excluding carboxylic acids is 1. The first kappa shape index (κ1) is 21.4. The highest BCUT2D eigenvalue weighted by Crippen LogP contribution is 2.30. The summed E-state index contributed by atoms with van der Waals surface area (Å²) in [6, 6.07) is 14.0. The molecule has 152 valence electrons. The molecule has 0 fully saturated rings. The Hall–Kier alpha value is -2.26. The van der Waals surface area contributed by atoms with Gasteiger partial charge in [0.2, 0.25) is 15.9 Å². The van der Waals surface area contributed by atoms with Gasteiger partial charge in [-0.1, -0.05) is 47.5 Å². The maximum absolute atomic E-state index is 12.2. The summed E-state index contributed by atoms with van der Waals surface area (Å²) >= 11 is 7.60. The number of nitrogens with one attached hydrogen (secondary N) is 2. The van der Waals surface area contributed by atoms with E-state index in [-0.39, 0.29) is 30.3 Å². The quantitative estimate of drug-likeness (QED) is 0.516. The minimum Gasteiger partial charge on any atom is -0.354 e. The number of carbonyl (C=O) groups is 1. The molecule has 1 amide bonds. The van der Waals surface area contributed by atoms with Crippen LogP contribution in [-0.4, -0.2) is 32.4 Å². The van der Waals surface area contributed by atoms with Crippen molar-refractivity contribution >= 4 is 38.9 Å². The van der Waals surface area contributed by atoms with E-state index in [1.54, 1.807) is 30.3 Å². The highest BCUT2D eigenvalue weighted by atomic mass is 35.5. The van der Waals surface area contributed by atoms with Gasteiger partial charge in [0.1, 0.15) is 5.01 Å². The number of benzene rings is 2. The summed E-state index contributed by atoms with van der Waals surface area (Å²) in [5, 5.41) is 5.88. The van der Waals surface area contributed by atoms with Crippen LogP contribution >= 0.6 is 22.9 Å². The predicted octanol–water partition coefficient (Wildman–Crippen LogP) is 3.41. The number of aryl methyl sites for hydroxylation is 1. The van der Waals surface area contributed by atoms with Crippen molar-refractivity contribution in [3.8, 4) is 10.6 Å². The van der Waals surface area contributed by atoms with Crippen molar-refractivity contribution in [3.63, 3.8) is 0 Å². The van der Waals surface area contributed by atoms with E-state index in [1.165, 1.54) is 11.3 Å². The Labute approximate surface area is 179 Å². The molecule has 0 bridgehead atoms. The zero-order chi connectivity index (χ0) is 20.9. The molecule has 0 atom stereocenters. The topological polar surface area (TPSA) is 88.2 Å². The normalized spacial score (nSPS) is 11.4. The lowest BCUT2D eigenvalue weighted by molar-refractivity contribution is -0.120. The van der Waals surface area contributed by atoms with Crippen molar-refractivity contribution < 1.29 is 13.2 Å². The maximum Gasteiger partial charge on any atom is 0.240 e. The van der Waals surface area contributed by atoms with E-state index < -0.39 is 10.0 Å². The number of nitrogens with zero attached hydrogens (tertiary/aromatic N) is 1. The van der Waals surface area contributed by atoms with Gasteiger partial charge < -0.3 is 5.32 Å². The second-order valence-corrected chi connectivity index (χ2v) is 9.39. The average molecular weight is 450 g/mol. The fourth-order valence-electron chi connectivity index (χ4n) is 2.56. The predicted molar refractivity (Wildman–Crippen MR) is 116 cm³/mol. The fraction of sp³-hybridized carbons (Fsp3) is 0.200. The van der Waals surface area contributed by atoms with Crippen molar-refractivity contribution in [2.75, 3.05) is 13.1 Å². The highest BCUT2D eigenvalue weighted by Gasteiger charge is 2.14. The van der Waals surface area contributed by atoms with Crippen LogP contribution in [-0.2, 0) is 21.2 Å². The van der Waals surface area contributed by atoms with E-state index >= 15 is 0 Å². The number of thiazole rings is 1. The summed E-state index contributed by atoms with van der Waals surface area (Å²) in [5.41, 5.74) is 2.45. The zero-order valence-corrected chi connectivity index (χ0v) is 18.1. The monoisotopic (exact) mass is 449 g/mol. The summed E-state index contributed by atoms with van der Waals surface area (Å²) in [4.78, 5) is 16.8. The van der Waals surface area contributed by atoms with Gasteiger partial charge in [-0.2, -0.15) is 0 Å². The third-order valence-corrected chi connectivity index (χ3v) is 6.80. The number of halogens is 1. The Bertz CT molecular complexity index is 1100. The first-order valence-corrected chi connectivity index (χ1v) is 11.6. The lowest BCUT2D eigenvalue weighted by Crippen LogP contribution is -2.35. The molecule has 0 aliphatic carbocycles. The summed E-state index contributed by atoms with van der Waals surface area (Å²) in [6.07, 6.45) is 0.117. The van der Waals surface area contributed by atoms with Crippen LogP contribution in [0.2, 0.25) is 5.02 Å². The van der Waals surface area contributed by atoms with E-state index in [2.05, 4.69) is 15.0 Å². The molecule has 3 rings (SSSR count). The zero-order valence-electron chi connectivity index (χ0n) is 15.7. The van der Waals surface area contributed by atoms with Gasteiger partial charge in [-0.3, -0.25) is 4.79 Å². The molecule has 2 aromatic carbocycles. The Kier molecular flexibility index (Phi) is 7.02. The van der Waals surface area contributed by atoms with Gasteiger partial charge in [0.05, 0.1) is 22.0 Å². The van der Waals surface area contributed by atoms with Crippen LogP contribution in [0.3, 0.4) is 0 Å². The summed E-state index contributed by atoms with van der Waals surface area (Å²) < 4.78 is 26.9. The first-order chi connectivity index (χ1) is 13.8. The Balaban J connectivity index is 1.47. The van der Waals surface area contributed by atoms with E-state index in [1.807, 2.05) is 30.5 Å². The van der Waals surface area contributed by atoms with Gasteiger partial charge in [0.15, 0.2) is 0 Å². The maximum atomic E-state index is 12.2. The number of sulfonamides is 1. The number of amides is 1. The number of aromatic nitrogens is 1. The van der Waals surface area contributed by atoms with Crippen LogP contribution in [0.5, 0.6) is 0 Å². The standard InChI is InChI=1S/C20H20ClN3O3S2/c1-14-6-8-16(9-7-14)29(26,27)23-11-10-22-19(25)12-15-13-28-20(24-15)17-4-2-3-5-18(17)21/h2-9,13,23H,10-12H2,1H3,(H,22,25). The molecule has 9 heteroatoms. The Morgan fingerprint density at radius 2 is 1.83 bits per heavy atom. The van der Waals surface area contributed by atoms with Gasteiger partial charge in [-0.25, -0.2) is 18.1 Å². The third kappa shape index (κ3) is 5.86. The van der Waals surface area contributed by atoms with Crippen molar-refractivity contribution in [3.05, 3.63) is 70.2 Å². The van der Waals surface area contributed by atoms with Crippen LogP contribution in [0.15, 0.2) is 58.8 Å².